The fourth-order valence-corrected chi connectivity index (χ4v) is 3.06. The fraction of sp³-hybridized carbons (Fsp3) is 0.118. The van der Waals surface area contributed by atoms with Gasteiger partial charge in [-0.05, 0) is 36.4 Å². The average molecular weight is 373 g/mol. The number of anilines is 1. The second kappa shape index (κ2) is 7.36. The molecule has 0 radical (unpaired) electrons. The Morgan fingerprint density at radius 2 is 1.81 bits per heavy atom. The maximum absolute atomic E-state index is 12.3. The molecule has 0 aliphatic rings. The minimum absolute atomic E-state index is 0.106. The third kappa shape index (κ3) is 4.06. The van der Waals surface area contributed by atoms with Crippen LogP contribution in [0.2, 0.25) is 0 Å². The highest BCUT2D eigenvalue weighted by atomic mass is 32.2. The molecule has 1 amide bonds. The monoisotopic (exact) mass is 373 g/mol. The molecule has 2 aromatic carbocycles. The number of hydrogen-bond donors (Lipinski definition) is 1. The zero-order valence-electron chi connectivity index (χ0n) is 13.7. The maximum Gasteiger partial charge on any atom is 0.343 e. The van der Waals surface area contributed by atoms with Gasteiger partial charge in [-0.25, -0.2) is 8.42 Å². The van der Waals surface area contributed by atoms with Gasteiger partial charge in [0.05, 0.1) is 7.11 Å². The van der Waals surface area contributed by atoms with Gasteiger partial charge in [0, 0.05) is 11.3 Å². The molecule has 8 nitrogen and oxygen atoms in total. The molecular weight excluding hydrogens is 358 g/mol. The van der Waals surface area contributed by atoms with Crippen LogP contribution in [0.15, 0.2) is 64.3 Å². The summed E-state index contributed by atoms with van der Waals surface area (Å²) < 4.78 is 34.5. The van der Waals surface area contributed by atoms with E-state index >= 15 is 0 Å². The number of carbonyl (C=O) groups is 1. The van der Waals surface area contributed by atoms with Crippen molar-refractivity contribution in [1.29, 1.82) is 0 Å². The van der Waals surface area contributed by atoms with Gasteiger partial charge < -0.3 is 14.6 Å². The molecular formula is C17H15N3O5S. The minimum atomic E-state index is -4.06. The molecule has 3 aromatic rings. The number of aromatic nitrogens is 2. The lowest BCUT2D eigenvalue weighted by atomic mass is 10.2. The number of benzene rings is 2. The predicted octanol–water partition coefficient (Wildman–Crippen LogP) is 2.16. The molecule has 26 heavy (non-hydrogen) atoms. The first-order valence-corrected chi connectivity index (χ1v) is 9.19. The zero-order chi connectivity index (χ0) is 18.6. The van der Waals surface area contributed by atoms with Crippen molar-refractivity contribution in [3.05, 3.63) is 54.6 Å². The lowest BCUT2D eigenvalue weighted by Crippen LogP contribution is -2.23. The molecule has 0 saturated carbocycles. The summed E-state index contributed by atoms with van der Waals surface area (Å²) in [5.74, 6) is -0.746. The van der Waals surface area contributed by atoms with Gasteiger partial charge in [0.25, 0.3) is 0 Å². The number of sulfone groups is 1. The molecule has 0 saturated heterocycles. The Labute approximate surface area is 149 Å². The summed E-state index contributed by atoms with van der Waals surface area (Å²) in [7, 11) is -2.52. The normalized spacial score (nSPS) is 11.1. The maximum atomic E-state index is 12.3. The number of ether oxygens (including phenoxy) is 1. The van der Waals surface area contributed by atoms with Crippen LogP contribution in [0, 0.1) is 0 Å². The smallest absolute Gasteiger partial charge is 0.343 e. The highest BCUT2D eigenvalue weighted by Gasteiger charge is 2.26. The van der Waals surface area contributed by atoms with E-state index in [0.29, 0.717) is 17.0 Å². The average Bonchev–Trinajstić information content (AvgIpc) is 3.13. The first-order chi connectivity index (χ1) is 12.5. The quantitative estimate of drug-likeness (QED) is 0.704. The summed E-state index contributed by atoms with van der Waals surface area (Å²) in [6.07, 6.45) is 0. The van der Waals surface area contributed by atoms with Crippen LogP contribution in [-0.2, 0) is 14.6 Å². The van der Waals surface area contributed by atoms with Crippen molar-refractivity contribution in [2.75, 3.05) is 18.2 Å². The summed E-state index contributed by atoms with van der Waals surface area (Å²) in [4.78, 5) is 15.8. The van der Waals surface area contributed by atoms with Crippen LogP contribution in [0.4, 0.5) is 5.69 Å². The second-order valence-corrected chi connectivity index (χ2v) is 7.15. The van der Waals surface area contributed by atoms with E-state index in [4.69, 9.17) is 9.26 Å². The highest BCUT2D eigenvalue weighted by molar-refractivity contribution is 7.91. The molecule has 0 aliphatic carbocycles. The van der Waals surface area contributed by atoms with Crippen LogP contribution in [0.1, 0.15) is 0 Å². The number of hydrogen-bond acceptors (Lipinski definition) is 7. The largest absolute Gasteiger partial charge is 0.497 e. The topological polar surface area (TPSA) is 111 Å². The van der Waals surface area contributed by atoms with E-state index in [-0.39, 0.29) is 5.82 Å². The molecule has 3 rings (SSSR count). The van der Waals surface area contributed by atoms with Crippen LogP contribution in [0.25, 0.3) is 11.4 Å². The Hall–Kier alpha value is -3.20. The molecule has 0 fully saturated rings. The number of nitrogens with zero attached hydrogens (tertiary/aromatic N) is 2. The molecule has 0 spiro atoms. The molecule has 1 N–H and O–H groups in total. The third-order valence-corrected chi connectivity index (χ3v) is 4.74. The van der Waals surface area contributed by atoms with E-state index < -0.39 is 26.7 Å². The molecule has 0 aliphatic heterocycles. The summed E-state index contributed by atoms with van der Waals surface area (Å²) in [6.45, 7) is 0. The summed E-state index contributed by atoms with van der Waals surface area (Å²) in [6, 6.07) is 15.3. The van der Waals surface area contributed by atoms with Crippen LogP contribution in [-0.4, -0.2) is 37.3 Å². The molecule has 134 valence electrons. The fourth-order valence-electron chi connectivity index (χ4n) is 2.15. The van der Waals surface area contributed by atoms with Crippen molar-refractivity contribution in [1.82, 2.24) is 10.1 Å². The van der Waals surface area contributed by atoms with E-state index in [1.54, 1.807) is 54.6 Å². The van der Waals surface area contributed by atoms with Crippen molar-refractivity contribution in [3.8, 4) is 17.1 Å². The van der Waals surface area contributed by atoms with Crippen LogP contribution < -0.4 is 10.1 Å². The lowest BCUT2D eigenvalue weighted by Gasteiger charge is -2.03. The first-order valence-electron chi connectivity index (χ1n) is 7.54. The van der Waals surface area contributed by atoms with Gasteiger partial charge in [-0.3, -0.25) is 4.79 Å². The van der Waals surface area contributed by atoms with Crippen LogP contribution >= 0.6 is 0 Å². The van der Waals surface area contributed by atoms with E-state index in [0.717, 1.165) is 0 Å². The van der Waals surface area contributed by atoms with Gasteiger partial charge in [0.1, 0.15) is 11.5 Å². The van der Waals surface area contributed by atoms with E-state index in [1.165, 1.54) is 7.11 Å². The minimum Gasteiger partial charge on any atom is -0.497 e. The van der Waals surface area contributed by atoms with Gasteiger partial charge >= 0.3 is 5.22 Å². The molecule has 1 aromatic heterocycles. The van der Waals surface area contributed by atoms with Gasteiger partial charge in [-0.1, -0.05) is 23.4 Å². The summed E-state index contributed by atoms with van der Waals surface area (Å²) >= 11 is 0. The lowest BCUT2D eigenvalue weighted by molar-refractivity contribution is -0.113. The molecule has 0 atom stereocenters. The SMILES string of the molecule is COc1ccc(-c2noc(S(=O)(=O)CC(=O)Nc3ccccc3)n2)cc1. The van der Waals surface area contributed by atoms with Crippen molar-refractivity contribution in [2.24, 2.45) is 0 Å². The number of rotatable bonds is 6. The summed E-state index contributed by atoms with van der Waals surface area (Å²) in [5, 5.41) is 5.55. The number of amides is 1. The van der Waals surface area contributed by atoms with Crippen molar-refractivity contribution >= 4 is 21.4 Å². The Balaban J connectivity index is 1.73. The first kappa shape index (κ1) is 17.6. The predicted molar refractivity (Wildman–Crippen MR) is 93.4 cm³/mol. The van der Waals surface area contributed by atoms with Crippen LogP contribution in [0.5, 0.6) is 5.75 Å². The Kier molecular flexibility index (Phi) is 4.99. The second-order valence-electron chi connectivity index (χ2n) is 5.29. The van der Waals surface area contributed by atoms with Gasteiger partial charge in [0.2, 0.25) is 21.6 Å². The Bertz CT molecular complexity index is 998. The Morgan fingerprint density at radius 1 is 1.12 bits per heavy atom. The third-order valence-electron chi connectivity index (χ3n) is 3.40. The number of nitrogens with one attached hydrogen (secondary N) is 1. The molecule has 0 bridgehead atoms. The van der Waals surface area contributed by atoms with Crippen molar-refractivity contribution in [3.63, 3.8) is 0 Å². The standard InChI is InChI=1S/C17H15N3O5S/c1-24-14-9-7-12(8-10-14)16-19-17(25-20-16)26(22,23)11-15(21)18-13-5-3-2-4-6-13/h2-10H,11H2,1H3,(H,18,21). The molecule has 9 heteroatoms. The van der Waals surface area contributed by atoms with Crippen molar-refractivity contribution in [2.45, 2.75) is 5.22 Å². The Morgan fingerprint density at radius 3 is 2.46 bits per heavy atom. The number of methoxy groups -OCH3 is 1. The van der Waals surface area contributed by atoms with E-state index in [2.05, 4.69) is 15.5 Å². The van der Waals surface area contributed by atoms with Gasteiger partial charge in [-0.2, -0.15) is 4.98 Å². The van der Waals surface area contributed by atoms with Crippen molar-refractivity contribution < 1.29 is 22.5 Å². The van der Waals surface area contributed by atoms with Gasteiger partial charge in [0.15, 0.2) is 0 Å². The molecule has 0 unspecified atom stereocenters. The zero-order valence-corrected chi connectivity index (χ0v) is 14.6. The highest BCUT2D eigenvalue weighted by Crippen LogP contribution is 2.21. The van der Waals surface area contributed by atoms with Crippen LogP contribution in [0.3, 0.4) is 0 Å². The van der Waals surface area contributed by atoms with E-state index in [1.807, 2.05) is 0 Å². The molecule has 1 heterocycles. The number of para-hydroxylation sites is 1. The van der Waals surface area contributed by atoms with Gasteiger partial charge in [-0.15, -0.1) is 0 Å². The summed E-state index contributed by atoms with van der Waals surface area (Å²) in [5.41, 5.74) is 1.06. The number of carbonyl (C=O) groups excluding carboxylic acids is 1. The van der Waals surface area contributed by atoms with E-state index in [9.17, 15) is 13.2 Å².